The third kappa shape index (κ3) is 3.33. The second kappa shape index (κ2) is 6.41. The van der Waals surface area contributed by atoms with Crippen molar-refractivity contribution in [1.82, 2.24) is 5.32 Å². The molecule has 0 aromatic heterocycles. The molecule has 0 saturated carbocycles. The van der Waals surface area contributed by atoms with E-state index in [-0.39, 0.29) is 0 Å². The molecule has 1 aromatic carbocycles. The zero-order chi connectivity index (χ0) is 12.1. The molecule has 1 N–H and O–H groups in total. The smallest absolute Gasteiger partial charge is 0.0357 e. The summed E-state index contributed by atoms with van der Waals surface area (Å²) in [4.78, 5) is 0. The van der Waals surface area contributed by atoms with Crippen molar-refractivity contribution in [3.63, 3.8) is 0 Å². The lowest BCUT2D eigenvalue weighted by atomic mass is 9.92. The summed E-state index contributed by atoms with van der Waals surface area (Å²) in [5.41, 5.74) is 2.68. The van der Waals surface area contributed by atoms with Crippen molar-refractivity contribution in [3.05, 3.63) is 33.8 Å². The number of halogens is 1. The van der Waals surface area contributed by atoms with Gasteiger partial charge < -0.3 is 5.32 Å². The van der Waals surface area contributed by atoms with Crippen LogP contribution in [0, 0.1) is 12.8 Å². The van der Waals surface area contributed by atoms with Gasteiger partial charge in [-0.2, -0.15) is 0 Å². The molecule has 0 aliphatic heterocycles. The lowest BCUT2D eigenvalue weighted by Crippen LogP contribution is -2.26. The first-order valence-electron chi connectivity index (χ1n) is 6.09. The predicted molar refractivity (Wildman–Crippen MR) is 74.8 cm³/mol. The maximum absolute atomic E-state index is 3.68. The molecular weight excluding hydrogens is 262 g/mol. The summed E-state index contributed by atoms with van der Waals surface area (Å²) in [6.45, 7) is 9.85. The molecule has 1 aromatic rings. The zero-order valence-electron chi connectivity index (χ0n) is 10.7. The molecule has 0 fully saturated rings. The van der Waals surface area contributed by atoms with Crippen LogP contribution in [0.4, 0.5) is 0 Å². The van der Waals surface area contributed by atoms with Crippen LogP contribution in [0.25, 0.3) is 0 Å². The molecule has 2 heteroatoms. The van der Waals surface area contributed by atoms with Crippen LogP contribution in [0.3, 0.4) is 0 Å². The summed E-state index contributed by atoms with van der Waals surface area (Å²) in [7, 11) is 0. The highest BCUT2D eigenvalue weighted by atomic mass is 79.9. The average molecular weight is 284 g/mol. The van der Waals surface area contributed by atoms with Gasteiger partial charge in [0.05, 0.1) is 0 Å². The van der Waals surface area contributed by atoms with Gasteiger partial charge in [0.1, 0.15) is 0 Å². The topological polar surface area (TPSA) is 12.0 Å². The highest BCUT2D eigenvalue weighted by Gasteiger charge is 2.18. The minimum atomic E-state index is 0.449. The summed E-state index contributed by atoms with van der Waals surface area (Å²) in [6, 6.07) is 7.07. The van der Waals surface area contributed by atoms with Crippen molar-refractivity contribution in [2.45, 2.75) is 40.2 Å². The first-order valence-corrected chi connectivity index (χ1v) is 6.88. The molecule has 0 aliphatic carbocycles. The van der Waals surface area contributed by atoms with E-state index in [4.69, 9.17) is 0 Å². The normalized spacial score (nSPS) is 14.8. The van der Waals surface area contributed by atoms with E-state index in [9.17, 15) is 0 Å². The fraction of sp³-hybridized carbons (Fsp3) is 0.571. The summed E-state index contributed by atoms with van der Waals surface area (Å²) in [5.74, 6) is 0.652. The molecule has 1 nitrogen and oxygen atoms in total. The van der Waals surface area contributed by atoms with E-state index >= 15 is 0 Å². The van der Waals surface area contributed by atoms with Gasteiger partial charge in [-0.25, -0.2) is 0 Å². The monoisotopic (exact) mass is 283 g/mol. The van der Waals surface area contributed by atoms with Crippen molar-refractivity contribution >= 4 is 15.9 Å². The molecular formula is C14H22BrN. The maximum Gasteiger partial charge on any atom is 0.0357 e. The lowest BCUT2D eigenvalue weighted by Gasteiger charge is -2.25. The van der Waals surface area contributed by atoms with Crippen molar-refractivity contribution < 1.29 is 0 Å². The first-order chi connectivity index (χ1) is 7.60. The van der Waals surface area contributed by atoms with E-state index in [0.717, 1.165) is 6.54 Å². The molecule has 0 spiro atoms. The molecule has 0 saturated heterocycles. The van der Waals surface area contributed by atoms with E-state index in [0.29, 0.717) is 12.0 Å². The molecule has 2 atom stereocenters. The summed E-state index contributed by atoms with van der Waals surface area (Å²) in [5, 5.41) is 3.58. The molecule has 1 rings (SSSR count). The Kier molecular flexibility index (Phi) is 5.50. The Labute approximate surface area is 108 Å². The Balaban J connectivity index is 3.00. The van der Waals surface area contributed by atoms with Gasteiger partial charge in [-0.05, 0) is 36.6 Å². The van der Waals surface area contributed by atoms with Gasteiger partial charge in [-0.15, -0.1) is 0 Å². The van der Waals surface area contributed by atoms with Gasteiger partial charge in [-0.3, -0.25) is 0 Å². The molecule has 0 aliphatic rings. The van der Waals surface area contributed by atoms with E-state index in [1.54, 1.807) is 0 Å². The SMILES string of the molecule is CCNC(c1ccc(C)cc1Br)C(C)CC. The first kappa shape index (κ1) is 13.7. The summed E-state index contributed by atoms with van der Waals surface area (Å²) in [6.07, 6.45) is 1.19. The second-order valence-electron chi connectivity index (χ2n) is 4.45. The van der Waals surface area contributed by atoms with Gasteiger partial charge in [-0.1, -0.05) is 55.3 Å². The van der Waals surface area contributed by atoms with Crippen LogP contribution in [-0.2, 0) is 0 Å². The summed E-state index contributed by atoms with van der Waals surface area (Å²) >= 11 is 3.68. The minimum absolute atomic E-state index is 0.449. The fourth-order valence-corrected chi connectivity index (χ4v) is 2.70. The van der Waals surface area contributed by atoms with Gasteiger partial charge >= 0.3 is 0 Å². The number of hydrogen-bond donors (Lipinski definition) is 1. The minimum Gasteiger partial charge on any atom is -0.310 e. The molecule has 2 unspecified atom stereocenters. The largest absolute Gasteiger partial charge is 0.310 e. The summed E-state index contributed by atoms with van der Waals surface area (Å²) < 4.78 is 1.22. The number of rotatable bonds is 5. The van der Waals surface area contributed by atoms with Crippen molar-refractivity contribution in [2.75, 3.05) is 6.54 Å². The second-order valence-corrected chi connectivity index (χ2v) is 5.30. The van der Waals surface area contributed by atoms with Crippen molar-refractivity contribution in [2.24, 2.45) is 5.92 Å². The Bertz CT molecular complexity index is 336. The molecule has 0 amide bonds. The van der Waals surface area contributed by atoms with Crippen LogP contribution in [0.1, 0.15) is 44.4 Å². The van der Waals surface area contributed by atoms with Gasteiger partial charge in [0.15, 0.2) is 0 Å². The van der Waals surface area contributed by atoms with Crippen molar-refractivity contribution in [3.8, 4) is 0 Å². The van der Waals surface area contributed by atoms with E-state index in [1.807, 2.05) is 0 Å². The van der Waals surface area contributed by atoms with Crippen LogP contribution < -0.4 is 5.32 Å². The Morgan fingerprint density at radius 1 is 1.31 bits per heavy atom. The Hall–Kier alpha value is -0.340. The fourth-order valence-electron chi connectivity index (χ4n) is 1.96. The number of benzene rings is 1. The number of nitrogens with one attached hydrogen (secondary N) is 1. The Morgan fingerprint density at radius 2 is 2.00 bits per heavy atom. The lowest BCUT2D eigenvalue weighted by molar-refractivity contribution is 0.383. The predicted octanol–water partition coefficient (Wildman–Crippen LogP) is 4.45. The molecule has 0 radical (unpaired) electrons. The number of aryl methyl sites for hydroxylation is 1. The standard InChI is InChI=1S/C14H22BrN/c1-5-11(4)14(16-6-2)12-8-7-10(3)9-13(12)15/h7-9,11,14,16H,5-6H2,1-4H3. The number of hydrogen-bond acceptors (Lipinski definition) is 1. The third-order valence-corrected chi connectivity index (χ3v) is 3.81. The van der Waals surface area contributed by atoms with Gasteiger partial charge in [0, 0.05) is 10.5 Å². The average Bonchev–Trinajstić information content (AvgIpc) is 2.26. The quantitative estimate of drug-likeness (QED) is 0.842. The zero-order valence-corrected chi connectivity index (χ0v) is 12.3. The molecule has 90 valence electrons. The van der Waals surface area contributed by atoms with E-state index in [1.165, 1.54) is 22.0 Å². The van der Waals surface area contributed by atoms with E-state index in [2.05, 4.69) is 67.1 Å². The van der Waals surface area contributed by atoms with E-state index < -0.39 is 0 Å². The van der Waals surface area contributed by atoms with Gasteiger partial charge in [0.2, 0.25) is 0 Å². The Morgan fingerprint density at radius 3 is 2.50 bits per heavy atom. The van der Waals surface area contributed by atoms with Crippen LogP contribution in [-0.4, -0.2) is 6.54 Å². The van der Waals surface area contributed by atoms with Crippen LogP contribution in [0.5, 0.6) is 0 Å². The highest BCUT2D eigenvalue weighted by Crippen LogP contribution is 2.30. The maximum atomic E-state index is 3.68. The van der Waals surface area contributed by atoms with Crippen LogP contribution in [0.15, 0.2) is 22.7 Å². The van der Waals surface area contributed by atoms with Crippen LogP contribution >= 0.6 is 15.9 Å². The van der Waals surface area contributed by atoms with Crippen LogP contribution in [0.2, 0.25) is 0 Å². The molecule has 16 heavy (non-hydrogen) atoms. The third-order valence-electron chi connectivity index (χ3n) is 3.13. The highest BCUT2D eigenvalue weighted by molar-refractivity contribution is 9.10. The van der Waals surface area contributed by atoms with Crippen molar-refractivity contribution in [1.29, 1.82) is 0 Å². The van der Waals surface area contributed by atoms with Gasteiger partial charge in [0.25, 0.3) is 0 Å². The molecule has 0 heterocycles. The molecule has 0 bridgehead atoms.